The fourth-order valence-electron chi connectivity index (χ4n) is 4.33. The van der Waals surface area contributed by atoms with Crippen LogP contribution in [0.3, 0.4) is 0 Å². The lowest BCUT2D eigenvalue weighted by molar-refractivity contribution is -0.137. The van der Waals surface area contributed by atoms with Gasteiger partial charge in [0.1, 0.15) is 11.6 Å². The fraction of sp³-hybridized carbons (Fsp3) is 0.360. The van der Waals surface area contributed by atoms with Gasteiger partial charge in [0.15, 0.2) is 5.03 Å². The van der Waals surface area contributed by atoms with Crippen molar-refractivity contribution in [1.82, 2.24) is 15.3 Å². The van der Waals surface area contributed by atoms with E-state index in [1.165, 1.54) is 12.1 Å². The predicted molar refractivity (Wildman–Crippen MR) is 133 cm³/mol. The van der Waals surface area contributed by atoms with Gasteiger partial charge in [-0.2, -0.15) is 21.6 Å². The second kappa shape index (κ2) is 10.1. The molecule has 11 heteroatoms. The number of nitrogens with zero attached hydrogens (tertiary/aromatic N) is 3. The Kier molecular flexibility index (Phi) is 7.24. The number of benzene rings is 1. The second-order valence-electron chi connectivity index (χ2n) is 9.07. The van der Waals surface area contributed by atoms with Gasteiger partial charge in [0.25, 0.3) is 10.0 Å². The third-order valence-corrected chi connectivity index (χ3v) is 7.43. The number of alkyl halides is 3. The van der Waals surface area contributed by atoms with Crippen LogP contribution in [0.25, 0.3) is 11.3 Å². The van der Waals surface area contributed by atoms with Crippen LogP contribution in [-0.4, -0.2) is 44.1 Å². The van der Waals surface area contributed by atoms with Gasteiger partial charge in [-0.3, -0.25) is 4.72 Å². The van der Waals surface area contributed by atoms with E-state index in [-0.39, 0.29) is 28.1 Å². The molecule has 7 nitrogen and oxygen atoms in total. The Morgan fingerprint density at radius 2 is 1.81 bits per heavy atom. The van der Waals surface area contributed by atoms with Crippen molar-refractivity contribution in [3.05, 3.63) is 65.7 Å². The number of rotatable bonds is 7. The first kappa shape index (κ1) is 25.9. The molecule has 0 aliphatic carbocycles. The summed E-state index contributed by atoms with van der Waals surface area (Å²) in [5, 5.41) is 3.23. The van der Waals surface area contributed by atoms with Crippen molar-refractivity contribution in [1.29, 1.82) is 0 Å². The summed E-state index contributed by atoms with van der Waals surface area (Å²) < 4.78 is 69.5. The van der Waals surface area contributed by atoms with Gasteiger partial charge < -0.3 is 10.2 Å². The number of hydrogen-bond donors (Lipinski definition) is 2. The average molecular weight is 520 g/mol. The number of sulfonamides is 1. The minimum atomic E-state index is -4.66. The minimum absolute atomic E-state index is 0.231. The van der Waals surface area contributed by atoms with Crippen molar-refractivity contribution in [3.63, 3.8) is 0 Å². The molecule has 3 aromatic rings. The van der Waals surface area contributed by atoms with Gasteiger partial charge in [-0.1, -0.05) is 30.3 Å². The molecule has 2 N–H and O–H groups in total. The van der Waals surface area contributed by atoms with Crippen LogP contribution in [0.4, 0.5) is 24.8 Å². The first-order valence-electron chi connectivity index (χ1n) is 11.6. The zero-order valence-corrected chi connectivity index (χ0v) is 21.0. The van der Waals surface area contributed by atoms with Gasteiger partial charge in [0, 0.05) is 31.2 Å². The first-order chi connectivity index (χ1) is 16.9. The molecule has 0 spiro atoms. The van der Waals surface area contributed by atoms with Gasteiger partial charge in [-0.15, -0.1) is 0 Å². The molecular formula is C25H28F3N5O2S. The number of aryl methyl sites for hydroxylation is 1. The second-order valence-corrected chi connectivity index (χ2v) is 10.7. The van der Waals surface area contributed by atoms with E-state index in [0.717, 1.165) is 25.0 Å². The van der Waals surface area contributed by atoms with Crippen molar-refractivity contribution >= 4 is 21.7 Å². The van der Waals surface area contributed by atoms with Crippen LogP contribution < -0.4 is 14.9 Å². The number of likely N-dealkylation sites (N-methyl/N-ethyl adjacent to an activating group) is 1. The number of hydrogen-bond acceptors (Lipinski definition) is 6. The lowest BCUT2D eigenvalue weighted by Crippen LogP contribution is -2.38. The van der Waals surface area contributed by atoms with E-state index < -0.39 is 21.8 Å². The molecule has 1 aliphatic rings. The molecule has 4 rings (SSSR count). The number of anilines is 2. The Bertz CT molecular complexity index is 1350. The molecule has 1 aliphatic heterocycles. The van der Waals surface area contributed by atoms with Crippen molar-refractivity contribution in [2.24, 2.45) is 0 Å². The molecule has 1 aromatic carbocycles. The molecule has 2 aromatic heterocycles. The van der Waals surface area contributed by atoms with Crippen LogP contribution in [-0.2, 0) is 16.2 Å². The summed E-state index contributed by atoms with van der Waals surface area (Å²) in [6.07, 6.45) is -2.56. The summed E-state index contributed by atoms with van der Waals surface area (Å²) in [6, 6.07) is 13.7. The molecule has 0 amide bonds. The molecule has 0 radical (unpaired) electrons. The maximum Gasteiger partial charge on any atom is 0.418 e. The van der Waals surface area contributed by atoms with Crippen molar-refractivity contribution in [3.8, 4) is 11.3 Å². The summed E-state index contributed by atoms with van der Waals surface area (Å²) in [5.74, 6) is 0.242. The van der Waals surface area contributed by atoms with Gasteiger partial charge in [-0.25, -0.2) is 9.97 Å². The van der Waals surface area contributed by atoms with E-state index in [1.54, 1.807) is 37.3 Å². The zero-order chi connectivity index (χ0) is 26.1. The number of pyridine rings is 2. The summed E-state index contributed by atoms with van der Waals surface area (Å²) in [5.41, 5.74) is -0.446. The number of halogens is 3. The van der Waals surface area contributed by atoms with E-state index in [2.05, 4.69) is 26.9 Å². The van der Waals surface area contributed by atoms with Crippen LogP contribution in [0.15, 0.2) is 59.6 Å². The fourth-order valence-corrected chi connectivity index (χ4v) is 5.30. The third-order valence-electron chi connectivity index (χ3n) is 6.18. The molecule has 2 unspecified atom stereocenters. The maximum atomic E-state index is 13.7. The highest BCUT2D eigenvalue weighted by molar-refractivity contribution is 7.92. The van der Waals surface area contributed by atoms with Crippen molar-refractivity contribution < 1.29 is 21.6 Å². The quantitative estimate of drug-likeness (QED) is 0.464. The Morgan fingerprint density at radius 1 is 1.06 bits per heavy atom. The Hall–Kier alpha value is -3.18. The zero-order valence-electron chi connectivity index (χ0n) is 20.2. The van der Waals surface area contributed by atoms with Crippen LogP contribution in [0, 0.1) is 6.92 Å². The summed E-state index contributed by atoms with van der Waals surface area (Å²) in [4.78, 5) is 10.2. The average Bonchev–Trinajstić information content (AvgIpc) is 3.23. The highest BCUT2D eigenvalue weighted by atomic mass is 32.2. The van der Waals surface area contributed by atoms with Crippen molar-refractivity contribution in [2.45, 2.75) is 50.0 Å². The molecule has 3 heterocycles. The lowest BCUT2D eigenvalue weighted by Gasteiger charge is -2.23. The van der Waals surface area contributed by atoms with Crippen molar-refractivity contribution in [2.75, 3.05) is 23.2 Å². The normalized spacial score (nSPS) is 18.3. The predicted octanol–water partition coefficient (Wildman–Crippen LogP) is 4.85. The molecule has 0 saturated carbocycles. The molecule has 1 saturated heterocycles. The summed E-state index contributed by atoms with van der Waals surface area (Å²) in [6.45, 7) is 4.45. The molecular weight excluding hydrogens is 491 g/mol. The van der Waals surface area contributed by atoms with E-state index in [1.807, 2.05) is 11.9 Å². The van der Waals surface area contributed by atoms with E-state index in [0.29, 0.717) is 24.0 Å². The van der Waals surface area contributed by atoms with Gasteiger partial charge in [-0.05, 0) is 56.5 Å². The number of aromatic nitrogens is 2. The van der Waals surface area contributed by atoms with Crippen LogP contribution in [0.1, 0.15) is 30.9 Å². The topological polar surface area (TPSA) is 87.2 Å². The SMILES string of the molecule is Cc1ccccc1-c1nc(NS(=O)(=O)c2cccc(N(C)CC3CCC(C)N3)n2)ccc1C(F)(F)F. The Balaban J connectivity index is 1.61. The molecule has 2 atom stereocenters. The van der Waals surface area contributed by atoms with Crippen LogP contribution in [0.2, 0.25) is 0 Å². The van der Waals surface area contributed by atoms with Crippen LogP contribution >= 0.6 is 0 Å². The highest BCUT2D eigenvalue weighted by Crippen LogP contribution is 2.38. The summed E-state index contributed by atoms with van der Waals surface area (Å²) >= 11 is 0. The van der Waals surface area contributed by atoms with E-state index >= 15 is 0 Å². The standard InChI is InChI=1S/C25H28F3N5O2S/c1-16-7-4-5-8-19(16)24-20(25(26,27)28)13-14-21(30-24)32-36(34,35)23-10-6-9-22(31-23)33(3)15-18-12-11-17(2)29-18/h4-10,13-14,17-18,29H,11-12,15H2,1-3H3,(H,30,32). The number of nitrogens with one attached hydrogen (secondary N) is 2. The van der Waals surface area contributed by atoms with Crippen LogP contribution in [0.5, 0.6) is 0 Å². The Labute approximate surface area is 208 Å². The molecule has 0 bridgehead atoms. The van der Waals surface area contributed by atoms with E-state index in [9.17, 15) is 21.6 Å². The molecule has 1 fully saturated rings. The summed E-state index contributed by atoms with van der Waals surface area (Å²) in [7, 11) is -2.37. The maximum absolute atomic E-state index is 13.7. The van der Waals surface area contributed by atoms with Gasteiger partial charge in [0.05, 0.1) is 11.3 Å². The van der Waals surface area contributed by atoms with Gasteiger partial charge in [0.2, 0.25) is 0 Å². The largest absolute Gasteiger partial charge is 0.418 e. The molecule has 192 valence electrons. The lowest BCUT2D eigenvalue weighted by atomic mass is 10.0. The minimum Gasteiger partial charge on any atom is -0.358 e. The Morgan fingerprint density at radius 3 is 2.47 bits per heavy atom. The third kappa shape index (κ3) is 5.79. The molecule has 36 heavy (non-hydrogen) atoms. The highest BCUT2D eigenvalue weighted by Gasteiger charge is 2.35. The monoisotopic (exact) mass is 519 g/mol. The smallest absolute Gasteiger partial charge is 0.358 e. The van der Waals surface area contributed by atoms with E-state index in [4.69, 9.17) is 0 Å². The van der Waals surface area contributed by atoms with Gasteiger partial charge >= 0.3 is 6.18 Å². The first-order valence-corrected chi connectivity index (χ1v) is 13.0.